The Morgan fingerprint density at radius 2 is 0.955 bits per heavy atom. The number of aromatic nitrogens is 8. The number of halogens is 1. The molecule has 16 nitrogen and oxygen atoms in total. The lowest BCUT2D eigenvalue weighted by Gasteiger charge is -2.00. The second kappa shape index (κ2) is 18.1. The van der Waals surface area contributed by atoms with Gasteiger partial charge in [-0.1, -0.05) is 11.6 Å². The predicted molar refractivity (Wildman–Crippen MR) is 153 cm³/mol. The van der Waals surface area contributed by atoms with Crippen LogP contribution in [-0.4, -0.2) is 88.2 Å². The zero-order valence-corrected chi connectivity index (χ0v) is 25.5. The highest BCUT2D eigenvalue weighted by Crippen LogP contribution is 2.07. The molecule has 0 spiro atoms. The molecule has 0 atom stereocenters. The largest absolute Gasteiger partial charge is 0.476 e. The lowest BCUT2D eigenvalue weighted by Crippen LogP contribution is -2.07. The summed E-state index contributed by atoms with van der Waals surface area (Å²) in [4.78, 5) is 73.0. The minimum absolute atomic E-state index is 0.0162. The monoisotopic (exact) mass is 628 g/mol. The van der Waals surface area contributed by atoms with E-state index in [2.05, 4.69) is 49.3 Å². The number of hydrogen-bond donors (Lipinski definition) is 2. The van der Waals surface area contributed by atoms with Crippen molar-refractivity contribution < 1.29 is 38.9 Å². The maximum absolute atomic E-state index is 11.0. The Hall–Kier alpha value is -5.51. The van der Waals surface area contributed by atoms with Crippen molar-refractivity contribution in [2.24, 2.45) is 0 Å². The Labute approximate surface area is 256 Å². The molecule has 0 amide bonds. The molecule has 4 rings (SSSR count). The molecule has 0 aromatic carbocycles. The molecule has 232 valence electrons. The van der Waals surface area contributed by atoms with E-state index in [1.54, 1.807) is 34.6 Å². The van der Waals surface area contributed by atoms with Crippen molar-refractivity contribution in [1.29, 1.82) is 0 Å². The highest BCUT2D eigenvalue weighted by atomic mass is 35.5. The summed E-state index contributed by atoms with van der Waals surface area (Å²) in [6, 6.07) is 0. The number of hydrogen-bond acceptors (Lipinski definition) is 14. The fourth-order valence-corrected chi connectivity index (χ4v) is 3.06. The molecule has 0 aliphatic heterocycles. The van der Waals surface area contributed by atoms with Gasteiger partial charge in [0.2, 0.25) is 0 Å². The zero-order chi connectivity index (χ0) is 33.4. The van der Waals surface area contributed by atoms with Crippen LogP contribution in [0.2, 0.25) is 5.15 Å². The molecule has 0 aliphatic rings. The van der Waals surface area contributed by atoms with E-state index >= 15 is 0 Å². The van der Waals surface area contributed by atoms with Crippen LogP contribution in [0.5, 0.6) is 0 Å². The van der Waals surface area contributed by atoms with Crippen LogP contribution < -0.4 is 0 Å². The van der Waals surface area contributed by atoms with E-state index in [-0.39, 0.29) is 27.9 Å². The fraction of sp³-hybridized carbons (Fsp3) is 0.259. The number of methoxy groups -OCH3 is 2. The van der Waals surface area contributed by atoms with Crippen molar-refractivity contribution in [3.63, 3.8) is 0 Å². The molecule has 0 bridgehead atoms. The van der Waals surface area contributed by atoms with Gasteiger partial charge in [0.15, 0.2) is 22.8 Å². The lowest BCUT2D eigenvalue weighted by molar-refractivity contribution is 0.0583. The summed E-state index contributed by atoms with van der Waals surface area (Å²) in [5.74, 6) is -3.02. The average Bonchev–Trinajstić information content (AvgIpc) is 2.97. The smallest absolute Gasteiger partial charge is 0.358 e. The number of rotatable bonds is 4. The summed E-state index contributed by atoms with van der Waals surface area (Å²) in [5, 5.41) is 17.3. The minimum atomic E-state index is -1.04. The molecule has 4 heterocycles. The summed E-state index contributed by atoms with van der Waals surface area (Å²) in [6.07, 6.45) is 8.55. The van der Waals surface area contributed by atoms with E-state index in [0.29, 0.717) is 22.8 Å². The van der Waals surface area contributed by atoms with Gasteiger partial charge in [-0.05, 0) is 34.6 Å². The Morgan fingerprint density at radius 3 is 1.34 bits per heavy atom. The van der Waals surface area contributed by atoms with Crippen LogP contribution in [0, 0.1) is 34.6 Å². The zero-order valence-electron chi connectivity index (χ0n) is 24.8. The number of nitrogens with zero attached hydrogens (tertiary/aromatic N) is 8. The third-order valence-electron chi connectivity index (χ3n) is 4.91. The first kappa shape index (κ1) is 36.5. The number of aryl methyl sites for hydroxylation is 5. The van der Waals surface area contributed by atoms with Crippen LogP contribution in [0.25, 0.3) is 0 Å². The van der Waals surface area contributed by atoms with Crippen LogP contribution >= 0.6 is 11.6 Å². The van der Waals surface area contributed by atoms with Gasteiger partial charge >= 0.3 is 23.9 Å². The van der Waals surface area contributed by atoms with Gasteiger partial charge in [0, 0.05) is 31.0 Å². The van der Waals surface area contributed by atoms with Gasteiger partial charge in [0.05, 0.1) is 48.9 Å². The van der Waals surface area contributed by atoms with Crippen molar-refractivity contribution in [3.8, 4) is 0 Å². The van der Waals surface area contributed by atoms with Crippen molar-refractivity contribution in [3.05, 3.63) is 93.6 Å². The maximum Gasteiger partial charge on any atom is 0.358 e. The summed E-state index contributed by atoms with van der Waals surface area (Å²) in [5.41, 5.74) is 3.18. The third-order valence-corrected chi connectivity index (χ3v) is 5.09. The van der Waals surface area contributed by atoms with Gasteiger partial charge in [-0.2, -0.15) is 0 Å². The topological polar surface area (TPSA) is 230 Å². The van der Waals surface area contributed by atoms with Gasteiger partial charge in [-0.25, -0.2) is 44.1 Å². The van der Waals surface area contributed by atoms with Crippen molar-refractivity contribution in [1.82, 2.24) is 39.9 Å². The fourth-order valence-electron chi connectivity index (χ4n) is 2.88. The highest BCUT2D eigenvalue weighted by molar-refractivity contribution is 6.29. The second-order valence-corrected chi connectivity index (χ2v) is 8.53. The molecule has 0 unspecified atom stereocenters. The van der Waals surface area contributed by atoms with Crippen molar-refractivity contribution in [2.75, 3.05) is 14.2 Å². The second-order valence-electron chi connectivity index (χ2n) is 8.15. The number of carboxylic acid groups (broad SMARTS) is 2. The molecule has 0 saturated heterocycles. The molecular weight excluding hydrogens is 600 g/mol. The third kappa shape index (κ3) is 11.8. The Balaban J connectivity index is 0.000000294. The van der Waals surface area contributed by atoms with Crippen LogP contribution in [0.3, 0.4) is 0 Å². The van der Waals surface area contributed by atoms with E-state index in [9.17, 15) is 19.2 Å². The summed E-state index contributed by atoms with van der Waals surface area (Å²) in [6.45, 7) is 8.36. The molecule has 2 N–H and O–H groups in total. The number of carbonyl (C=O) groups is 4. The Kier molecular flexibility index (Phi) is 15.0. The Morgan fingerprint density at radius 1 is 0.568 bits per heavy atom. The standard InChI is InChI=1S/C7H7ClN2O2.2C7H8N2O2.C6H6N2O2/c1-4-6(7(11)12-2)9-3-5(8)10-4;1-5-6(7(10)11-2)9-4-3-8-5;1-4-3-8-6(7(10)11)5(2)9-4;1-4-5(6(9)10)8-3-2-7-4/h3H,1-2H3;3-4H,1-2H3;3H,1-2H3,(H,10,11);2-3H,1H3,(H,9,10). The van der Waals surface area contributed by atoms with Crippen molar-refractivity contribution in [2.45, 2.75) is 34.6 Å². The molecule has 0 aliphatic carbocycles. The lowest BCUT2D eigenvalue weighted by atomic mass is 10.3. The molecular formula is C27H29ClN8O8. The van der Waals surface area contributed by atoms with E-state index in [4.69, 9.17) is 21.8 Å². The van der Waals surface area contributed by atoms with Crippen LogP contribution in [0.1, 0.15) is 70.4 Å². The quantitative estimate of drug-likeness (QED) is 0.309. The van der Waals surface area contributed by atoms with Crippen molar-refractivity contribution >= 4 is 35.5 Å². The van der Waals surface area contributed by atoms with E-state index in [1.807, 2.05) is 0 Å². The number of carbonyl (C=O) groups excluding carboxylic acids is 2. The molecule has 0 fully saturated rings. The molecule has 0 radical (unpaired) electrons. The number of aromatic carboxylic acids is 2. The summed E-state index contributed by atoms with van der Waals surface area (Å²) in [7, 11) is 2.61. The SMILES string of the molecule is COC(=O)c1ncc(Cl)nc1C.COC(=O)c1nccnc1C.Cc1cnc(C(=O)O)c(C)n1.Cc1nccnc1C(=O)O. The predicted octanol–water partition coefficient (Wildman–Crippen LogP) is 3.07. The van der Waals surface area contributed by atoms with Gasteiger partial charge in [0.25, 0.3) is 0 Å². The van der Waals surface area contributed by atoms with E-state index in [1.165, 1.54) is 51.4 Å². The number of carboxylic acids is 2. The van der Waals surface area contributed by atoms with E-state index < -0.39 is 23.9 Å². The molecule has 4 aromatic heterocycles. The number of esters is 2. The Bertz CT molecular complexity index is 1620. The van der Waals surface area contributed by atoms with E-state index in [0.717, 1.165) is 5.69 Å². The maximum atomic E-state index is 11.0. The van der Waals surface area contributed by atoms with Gasteiger partial charge < -0.3 is 19.7 Å². The molecule has 44 heavy (non-hydrogen) atoms. The average molecular weight is 629 g/mol. The van der Waals surface area contributed by atoms with Crippen LogP contribution in [0.4, 0.5) is 0 Å². The molecule has 0 saturated carbocycles. The first-order chi connectivity index (χ1) is 20.7. The van der Waals surface area contributed by atoms with Gasteiger partial charge in [-0.15, -0.1) is 0 Å². The molecule has 4 aromatic rings. The number of ether oxygens (including phenoxy) is 2. The highest BCUT2D eigenvalue weighted by Gasteiger charge is 2.12. The first-order valence-electron chi connectivity index (χ1n) is 12.2. The minimum Gasteiger partial charge on any atom is -0.476 e. The normalized spacial score (nSPS) is 9.45. The summed E-state index contributed by atoms with van der Waals surface area (Å²) < 4.78 is 8.95. The van der Waals surface area contributed by atoms with Crippen LogP contribution in [0.15, 0.2) is 37.2 Å². The summed E-state index contributed by atoms with van der Waals surface area (Å²) >= 11 is 5.54. The van der Waals surface area contributed by atoms with Gasteiger partial charge in [0.1, 0.15) is 5.15 Å². The van der Waals surface area contributed by atoms with Gasteiger partial charge in [-0.3, -0.25) is 15.0 Å². The van der Waals surface area contributed by atoms with Crippen LogP contribution in [-0.2, 0) is 9.47 Å². The first-order valence-corrected chi connectivity index (χ1v) is 12.6. The molecule has 17 heteroatoms.